The molecular weight excluding hydrogens is 805 g/mol. The van der Waals surface area contributed by atoms with Crippen LogP contribution in [0.25, 0.3) is 0 Å². The molecule has 1 unspecified atom stereocenters. The monoisotopic (exact) mass is 905 g/mol. The maximum Gasteiger partial charge on any atom is 0.306 e. The number of unbranched alkanes of at least 4 members (excludes halogenated alkanes) is 23. The van der Waals surface area contributed by atoms with Crippen molar-refractivity contribution in [3.8, 4) is 0 Å². The van der Waals surface area contributed by atoms with Crippen LogP contribution in [0.5, 0.6) is 0 Å². The molecule has 0 aromatic carbocycles. The lowest BCUT2D eigenvalue weighted by Gasteiger charge is -2.18. The fourth-order valence-corrected chi connectivity index (χ4v) is 7.29. The molecule has 0 fully saturated rings. The maximum atomic E-state index is 12.8. The SMILES string of the molecule is CC/C=C\C/C=C\C/C=C\C/C=C\CCCCCCCCC(=O)OCC(COC(=O)CCCCCCC/C=C\CCC)OC(=O)CCCCCCCCC/C=C\C/C=C\CCCCCC. The third-order valence-electron chi connectivity index (χ3n) is 11.3. The van der Waals surface area contributed by atoms with E-state index in [1.165, 1.54) is 83.5 Å². The normalized spacial score (nSPS) is 12.7. The zero-order chi connectivity index (χ0) is 47.2. The zero-order valence-electron chi connectivity index (χ0n) is 42.5. The molecule has 65 heavy (non-hydrogen) atoms. The van der Waals surface area contributed by atoms with Crippen molar-refractivity contribution >= 4 is 17.9 Å². The van der Waals surface area contributed by atoms with Crippen molar-refractivity contribution in [3.63, 3.8) is 0 Å². The van der Waals surface area contributed by atoms with E-state index in [9.17, 15) is 14.4 Å². The fraction of sp³-hybridized carbons (Fsp3) is 0.712. The molecule has 0 saturated carbocycles. The van der Waals surface area contributed by atoms with Gasteiger partial charge < -0.3 is 14.2 Å². The predicted molar refractivity (Wildman–Crippen MR) is 279 cm³/mol. The summed E-state index contributed by atoms with van der Waals surface area (Å²) in [5.41, 5.74) is 0. The lowest BCUT2D eigenvalue weighted by Crippen LogP contribution is -2.30. The van der Waals surface area contributed by atoms with Crippen molar-refractivity contribution in [2.45, 2.75) is 258 Å². The van der Waals surface area contributed by atoms with E-state index in [-0.39, 0.29) is 31.1 Å². The van der Waals surface area contributed by atoms with Crippen LogP contribution in [-0.4, -0.2) is 37.2 Å². The van der Waals surface area contributed by atoms with Crippen LogP contribution >= 0.6 is 0 Å². The van der Waals surface area contributed by atoms with E-state index < -0.39 is 6.10 Å². The van der Waals surface area contributed by atoms with E-state index in [1.54, 1.807) is 0 Å². The summed E-state index contributed by atoms with van der Waals surface area (Å²) in [5, 5.41) is 0. The summed E-state index contributed by atoms with van der Waals surface area (Å²) in [7, 11) is 0. The van der Waals surface area contributed by atoms with Crippen molar-refractivity contribution in [2.75, 3.05) is 13.2 Å². The van der Waals surface area contributed by atoms with Crippen LogP contribution in [0.2, 0.25) is 0 Å². The highest BCUT2D eigenvalue weighted by atomic mass is 16.6. The van der Waals surface area contributed by atoms with Gasteiger partial charge in [-0.3, -0.25) is 14.4 Å². The van der Waals surface area contributed by atoms with Crippen LogP contribution in [-0.2, 0) is 28.6 Å². The minimum atomic E-state index is -0.790. The van der Waals surface area contributed by atoms with E-state index in [0.717, 1.165) is 128 Å². The number of hydrogen-bond donors (Lipinski definition) is 0. The summed E-state index contributed by atoms with van der Waals surface area (Å²) in [5.74, 6) is -0.920. The van der Waals surface area contributed by atoms with E-state index in [1.807, 2.05) is 0 Å². The Hall–Kier alpha value is -3.41. The van der Waals surface area contributed by atoms with Crippen molar-refractivity contribution in [2.24, 2.45) is 0 Å². The van der Waals surface area contributed by atoms with Gasteiger partial charge in [0.2, 0.25) is 0 Å². The largest absolute Gasteiger partial charge is 0.462 e. The summed E-state index contributed by atoms with van der Waals surface area (Å²) in [6.07, 6.45) is 68.5. The molecule has 0 heterocycles. The molecule has 6 nitrogen and oxygen atoms in total. The van der Waals surface area contributed by atoms with Gasteiger partial charge in [-0.05, 0) is 109 Å². The first kappa shape index (κ1) is 61.6. The van der Waals surface area contributed by atoms with Crippen molar-refractivity contribution in [1.82, 2.24) is 0 Å². The first-order valence-corrected chi connectivity index (χ1v) is 27.1. The predicted octanol–water partition coefficient (Wildman–Crippen LogP) is 18.0. The Balaban J connectivity index is 4.38. The lowest BCUT2D eigenvalue weighted by molar-refractivity contribution is -0.167. The van der Waals surface area contributed by atoms with Gasteiger partial charge in [0.1, 0.15) is 13.2 Å². The third-order valence-corrected chi connectivity index (χ3v) is 11.3. The highest BCUT2D eigenvalue weighted by molar-refractivity contribution is 5.71. The molecule has 1 atom stereocenters. The molecule has 0 saturated heterocycles. The number of carbonyl (C=O) groups is 3. The van der Waals surface area contributed by atoms with Gasteiger partial charge in [0.05, 0.1) is 0 Å². The van der Waals surface area contributed by atoms with Crippen LogP contribution in [0.4, 0.5) is 0 Å². The second-order valence-electron chi connectivity index (χ2n) is 17.7. The molecule has 0 rings (SSSR count). The Morgan fingerprint density at radius 3 is 1.02 bits per heavy atom. The number of carbonyl (C=O) groups excluding carboxylic acids is 3. The smallest absolute Gasteiger partial charge is 0.306 e. The molecule has 0 spiro atoms. The molecular formula is C59H100O6. The molecule has 0 aliphatic heterocycles. The van der Waals surface area contributed by atoms with Gasteiger partial charge in [0.15, 0.2) is 6.10 Å². The number of rotatable bonds is 48. The van der Waals surface area contributed by atoms with Crippen LogP contribution in [0.3, 0.4) is 0 Å². The van der Waals surface area contributed by atoms with Gasteiger partial charge in [-0.25, -0.2) is 0 Å². The minimum Gasteiger partial charge on any atom is -0.462 e. The number of esters is 3. The van der Waals surface area contributed by atoms with Crippen LogP contribution < -0.4 is 0 Å². The quantitative estimate of drug-likeness (QED) is 0.0262. The lowest BCUT2D eigenvalue weighted by atomic mass is 10.1. The van der Waals surface area contributed by atoms with Crippen molar-refractivity contribution in [1.29, 1.82) is 0 Å². The summed E-state index contributed by atoms with van der Waals surface area (Å²) in [4.78, 5) is 38.0. The summed E-state index contributed by atoms with van der Waals surface area (Å²) < 4.78 is 16.8. The average molecular weight is 905 g/mol. The molecule has 6 heteroatoms. The summed E-state index contributed by atoms with van der Waals surface area (Å²) in [6.45, 7) is 6.42. The fourth-order valence-electron chi connectivity index (χ4n) is 7.29. The molecule has 372 valence electrons. The number of allylic oxidation sites excluding steroid dienone is 14. The summed E-state index contributed by atoms with van der Waals surface area (Å²) >= 11 is 0. The molecule has 0 N–H and O–H groups in total. The first-order chi connectivity index (χ1) is 32.0. The first-order valence-electron chi connectivity index (χ1n) is 27.1. The molecule has 0 bridgehead atoms. The van der Waals surface area contributed by atoms with Gasteiger partial charge in [-0.15, -0.1) is 0 Å². The number of ether oxygens (including phenoxy) is 3. The van der Waals surface area contributed by atoms with E-state index in [2.05, 4.69) is 106 Å². The molecule has 0 aromatic heterocycles. The van der Waals surface area contributed by atoms with Gasteiger partial charge in [0.25, 0.3) is 0 Å². The van der Waals surface area contributed by atoms with Crippen molar-refractivity contribution in [3.05, 3.63) is 85.1 Å². The standard InChI is InChI=1S/C59H100O6/c1-4-7-10-13-16-19-22-24-26-28-30-32-33-35-37-40-43-46-49-52-58(61)64-55-56(54-63-57(60)51-48-45-42-39-21-18-15-12-9-6-3)65-59(62)53-50-47-44-41-38-36-34-31-29-27-25-23-20-17-14-11-8-5-2/h7,10,12,15-16,19-20,23-24,26-27,29-30,32,56H,4-6,8-9,11,13-14,17-18,21-22,25,28,31,33-55H2,1-3H3/b10-7-,15-12-,19-16-,23-20-,26-24-,29-27-,32-30-. The Labute approximate surface area is 401 Å². The van der Waals surface area contributed by atoms with E-state index >= 15 is 0 Å². The molecule has 0 aliphatic carbocycles. The third kappa shape index (κ3) is 51.4. The van der Waals surface area contributed by atoms with Crippen LogP contribution in [0.15, 0.2) is 85.1 Å². The van der Waals surface area contributed by atoms with E-state index in [0.29, 0.717) is 19.3 Å². The zero-order valence-corrected chi connectivity index (χ0v) is 42.5. The Morgan fingerprint density at radius 1 is 0.323 bits per heavy atom. The molecule has 0 aliphatic rings. The summed E-state index contributed by atoms with van der Waals surface area (Å²) in [6, 6.07) is 0. The Kier molecular flexibility index (Phi) is 50.4. The number of hydrogen-bond acceptors (Lipinski definition) is 6. The topological polar surface area (TPSA) is 78.9 Å². The molecule has 0 aromatic rings. The highest BCUT2D eigenvalue weighted by Crippen LogP contribution is 2.14. The minimum absolute atomic E-state index is 0.0894. The molecule has 0 radical (unpaired) electrons. The second-order valence-corrected chi connectivity index (χ2v) is 17.7. The Bertz CT molecular complexity index is 1270. The van der Waals surface area contributed by atoms with Crippen LogP contribution in [0, 0.1) is 0 Å². The van der Waals surface area contributed by atoms with Gasteiger partial charge in [-0.1, -0.05) is 209 Å². The van der Waals surface area contributed by atoms with E-state index in [4.69, 9.17) is 14.2 Å². The highest BCUT2D eigenvalue weighted by Gasteiger charge is 2.19. The average Bonchev–Trinajstić information content (AvgIpc) is 3.30. The maximum absolute atomic E-state index is 12.8. The van der Waals surface area contributed by atoms with Gasteiger partial charge in [0, 0.05) is 19.3 Å². The second kappa shape index (κ2) is 53.2. The van der Waals surface area contributed by atoms with Gasteiger partial charge in [-0.2, -0.15) is 0 Å². The van der Waals surface area contributed by atoms with Crippen LogP contribution in [0.1, 0.15) is 252 Å². The van der Waals surface area contributed by atoms with Gasteiger partial charge >= 0.3 is 17.9 Å². The molecule has 0 amide bonds. The Morgan fingerprint density at radius 2 is 0.631 bits per heavy atom. The van der Waals surface area contributed by atoms with Crippen molar-refractivity contribution < 1.29 is 28.6 Å².